The normalized spacial score (nSPS) is 15.0. The van der Waals surface area contributed by atoms with Crippen molar-refractivity contribution < 1.29 is 0 Å². The van der Waals surface area contributed by atoms with Gasteiger partial charge in [-0.05, 0) is 46.2 Å². The molecule has 3 N–H and O–H groups in total. The summed E-state index contributed by atoms with van der Waals surface area (Å²) in [7, 11) is 0. The Hall–Kier alpha value is -0.0800. The van der Waals surface area contributed by atoms with Gasteiger partial charge in [0.2, 0.25) is 0 Å². The molecular weight excluding hydrogens is 136 g/mol. The van der Waals surface area contributed by atoms with Gasteiger partial charge in [0.25, 0.3) is 0 Å². The summed E-state index contributed by atoms with van der Waals surface area (Å²) in [5.74, 6) is 0.643. The second-order valence-electron chi connectivity index (χ2n) is 4.31. The molecule has 68 valence electrons. The third-order valence-electron chi connectivity index (χ3n) is 1.69. The van der Waals surface area contributed by atoms with E-state index >= 15 is 0 Å². The number of hydrogen-bond acceptors (Lipinski definition) is 2. The second kappa shape index (κ2) is 4.73. The molecule has 0 radical (unpaired) electrons. The van der Waals surface area contributed by atoms with Gasteiger partial charge in [-0.2, -0.15) is 0 Å². The van der Waals surface area contributed by atoms with Crippen LogP contribution in [0.1, 0.15) is 34.1 Å². The molecule has 0 heterocycles. The van der Waals surface area contributed by atoms with Crippen molar-refractivity contribution in [2.75, 3.05) is 13.1 Å². The van der Waals surface area contributed by atoms with E-state index in [-0.39, 0.29) is 5.54 Å². The predicted molar refractivity (Wildman–Crippen MR) is 50.6 cm³/mol. The number of nitrogens with one attached hydrogen (secondary N) is 1. The molecule has 1 atom stereocenters. The highest BCUT2D eigenvalue weighted by Gasteiger charge is 2.08. The van der Waals surface area contributed by atoms with E-state index < -0.39 is 0 Å². The molecule has 0 aliphatic rings. The maximum Gasteiger partial charge on any atom is 0.00965 e. The molecule has 1 unspecified atom stereocenters. The van der Waals surface area contributed by atoms with E-state index in [2.05, 4.69) is 33.0 Å². The molecule has 0 amide bonds. The van der Waals surface area contributed by atoms with Gasteiger partial charge in [-0.25, -0.2) is 0 Å². The molecule has 0 fully saturated rings. The van der Waals surface area contributed by atoms with Crippen LogP contribution in [0.25, 0.3) is 0 Å². The molecule has 0 spiro atoms. The topological polar surface area (TPSA) is 38.0 Å². The Morgan fingerprint density at radius 2 is 1.91 bits per heavy atom. The van der Waals surface area contributed by atoms with Gasteiger partial charge in [0, 0.05) is 5.54 Å². The van der Waals surface area contributed by atoms with Crippen LogP contribution < -0.4 is 11.1 Å². The lowest BCUT2D eigenvalue weighted by atomic mass is 10.1. The van der Waals surface area contributed by atoms with Crippen molar-refractivity contribution in [1.29, 1.82) is 0 Å². The lowest BCUT2D eigenvalue weighted by molar-refractivity contribution is 0.397. The fraction of sp³-hybridized carbons (Fsp3) is 1.00. The minimum Gasteiger partial charge on any atom is -0.330 e. The SMILES string of the molecule is CC(CN)CCNC(C)(C)C. The Kier molecular flexibility index (Phi) is 4.69. The van der Waals surface area contributed by atoms with E-state index in [4.69, 9.17) is 5.73 Å². The predicted octanol–water partition coefficient (Wildman–Crippen LogP) is 1.36. The van der Waals surface area contributed by atoms with Crippen molar-refractivity contribution in [1.82, 2.24) is 5.32 Å². The highest BCUT2D eigenvalue weighted by molar-refractivity contribution is 4.70. The first-order chi connectivity index (χ1) is 4.95. The fourth-order valence-electron chi connectivity index (χ4n) is 0.811. The Labute approximate surface area is 70.5 Å². The molecule has 0 saturated carbocycles. The molecule has 0 aliphatic heterocycles. The summed E-state index contributed by atoms with van der Waals surface area (Å²) in [4.78, 5) is 0. The van der Waals surface area contributed by atoms with Gasteiger partial charge < -0.3 is 11.1 Å². The van der Waals surface area contributed by atoms with Crippen LogP contribution in [0.15, 0.2) is 0 Å². The molecule has 2 heteroatoms. The van der Waals surface area contributed by atoms with Crippen LogP contribution in [0.2, 0.25) is 0 Å². The zero-order chi connectivity index (χ0) is 8.91. The smallest absolute Gasteiger partial charge is 0.00965 e. The Balaban J connectivity index is 3.28. The summed E-state index contributed by atoms with van der Waals surface area (Å²) in [5, 5.41) is 3.43. The van der Waals surface area contributed by atoms with Gasteiger partial charge in [0.1, 0.15) is 0 Å². The van der Waals surface area contributed by atoms with Gasteiger partial charge in [0.15, 0.2) is 0 Å². The molecule has 0 aromatic heterocycles. The average molecular weight is 158 g/mol. The zero-order valence-corrected chi connectivity index (χ0v) is 8.28. The van der Waals surface area contributed by atoms with Crippen molar-refractivity contribution in [3.05, 3.63) is 0 Å². The van der Waals surface area contributed by atoms with Crippen molar-refractivity contribution in [3.8, 4) is 0 Å². The lowest BCUT2D eigenvalue weighted by Gasteiger charge is -2.21. The Bertz CT molecular complexity index is 94.2. The zero-order valence-electron chi connectivity index (χ0n) is 8.28. The van der Waals surface area contributed by atoms with E-state index in [9.17, 15) is 0 Å². The summed E-state index contributed by atoms with van der Waals surface area (Å²) < 4.78 is 0. The van der Waals surface area contributed by atoms with Gasteiger partial charge in [-0.15, -0.1) is 0 Å². The molecule has 0 rings (SSSR count). The van der Waals surface area contributed by atoms with E-state index in [0.29, 0.717) is 5.92 Å². The summed E-state index contributed by atoms with van der Waals surface area (Å²) in [6.07, 6.45) is 1.17. The highest BCUT2D eigenvalue weighted by atomic mass is 14.9. The van der Waals surface area contributed by atoms with Crippen LogP contribution in [0.5, 0.6) is 0 Å². The molecule has 0 aliphatic carbocycles. The van der Waals surface area contributed by atoms with E-state index in [1.54, 1.807) is 0 Å². The third-order valence-corrected chi connectivity index (χ3v) is 1.69. The molecule has 0 bridgehead atoms. The first-order valence-corrected chi connectivity index (χ1v) is 4.41. The van der Waals surface area contributed by atoms with Crippen LogP contribution in [-0.4, -0.2) is 18.6 Å². The molecule has 2 nitrogen and oxygen atoms in total. The summed E-state index contributed by atoms with van der Waals surface area (Å²) >= 11 is 0. The van der Waals surface area contributed by atoms with Gasteiger partial charge in [-0.1, -0.05) is 6.92 Å². The van der Waals surface area contributed by atoms with Crippen molar-refractivity contribution in [3.63, 3.8) is 0 Å². The van der Waals surface area contributed by atoms with Crippen molar-refractivity contribution in [2.45, 2.75) is 39.7 Å². The maximum atomic E-state index is 5.49. The summed E-state index contributed by atoms with van der Waals surface area (Å²) in [6.45, 7) is 10.6. The average Bonchev–Trinajstić information content (AvgIpc) is 1.85. The van der Waals surface area contributed by atoms with Crippen LogP contribution in [0.3, 0.4) is 0 Å². The number of rotatable bonds is 4. The molecule has 0 aromatic carbocycles. The monoisotopic (exact) mass is 158 g/mol. The highest BCUT2D eigenvalue weighted by Crippen LogP contribution is 2.01. The standard InChI is InChI=1S/C9H22N2/c1-8(7-10)5-6-11-9(2,3)4/h8,11H,5-7,10H2,1-4H3. The van der Waals surface area contributed by atoms with E-state index in [0.717, 1.165) is 13.1 Å². The largest absolute Gasteiger partial charge is 0.330 e. The second-order valence-corrected chi connectivity index (χ2v) is 4.31. The van der Waals surface area contributed by atoms with Crippen LogP contribution in [0.4, 0.5) is 0 Å². The first-order valence-electron chi connectivity index (χ1n) is 4.41. The van der Waals surface area contributed by atoms with E-state index in [1.807, 2.05) is 0 Å². The molecule has 0 saturated heterocycles. The van der Waals surface area contributed by atoms with Crippen molar-refractivity contribution in [2.24, 2.45) is 11.7 Å². The van der Waals surface area contributed by atoms with Gasteiger partial charge in [-0.3, -0.25) is 0 Å². The summed E-state index contributed by atoms with van der Waals surface area (Å²) in [6, 6.07) is 0. The van der Waals surface area contributed by atoms with Crippen LogP contribution >= 0.6 is 0 Å². The summed E-state index contributed by atoms with van der Waals surface area (Å²) in [5.41, 5.74) is 5.74. The maximum absolute atomic E-state index is 5.49. The number of nitrogens with two attached hydrogens (primary N) is 1. The van der Waals surface area contributed by atoms with Gasteiger partial charge >= 0.3 is 0 Å². The third kappa shape index (κ3) is 7.82. The first kappa shape index (κ1) is 10.9. The van der Waals surface area contributed by atoms with Crippen molar-refractivity contribution >= 4 is 0 Å². The van der Waals surface area contributed by atoms with Crippen LogP contribution in [-0.2, 0) is 0 Å². The minimum atomic E-state index is 0.244. The van der Waals surface area contributed by atoms with Gasteiger partial charge in [0.05, 0.1) is 0 Å². The quantitative estimate of drug-likeness (QED) is 0.648. The fourth-order valence-corrected chi connectivity index (χ4v) is 0.811. The molecular formula is C9H22N2. The van der Waals surface area contributed by atoms with E-state index in [1.165, 1.54) is 6.42 Å². The van der Waals surface area contributed by atoms with Crippen LogP contribution in [0, 0.1) is 5.92 Å². The Morgan fingerprint density at radius 1 is 1.36 bits per heavy atom. The lowest BCUT2D eigenvalue weighted by Crippen LogP contribution is -2.37. The minimum absolute atomic E-state index is 0.244. The molecule has 0 aromatic rings. The Morgan fingerprint density at radius 3 is 2.27 bits per heavy atom. The number of hydrogen-bond donors (Lipinski definition) is 2. The molecule has 11 heavy (non-hydrogen) atoms.